The van der Waals surface area contributed by atoms with Gasteiger partial charge in [0.15, 0.2) is 0 Å². The van der Waals surface area contributed by atoms with Crippen molar-refractivity contribution < 1.29 is 13.2 Å². The third-order valence-electron chi connectivity index (χ3n) is 3.53. The van der Waals surface area contributed by atoms with Crippen molar-refractivity contribution in [2.45, 2.75) is 25.9 Å². The van der Waals surface area contributed by atoms with Gasteiger partial charge in [0.25, 0.3) is 0 Å². The SMILES string of the molecule is Cc1cccc(N2CCCC(C(F)(F)F)C2)c1N. The quantitative estimate of drug-likeness (QED) is 0.783. The number of alkyl halides is 3. The van der Waals surface area contributed by atoms with E-state index in [0.717, 1.165) is 11.3 Å². The molecule has 1 aliphatic rings. The number of halogens is 3. The second-order valence-corrected chi connectivity index (χ2v) is 4.83. The predicted octanol–water partition coefficient (Wildman–Crippen LogP) is 3.36. The Balaban J connectivity index is 2.21. The number of nitrogens with two attached hydrogens (primary N) is 1. The Hall–Kier alpha value is -1.39. The molecular formula is C13H17F3N2. The lowest BCUT2D eigenvalue weighted by atomic mass is 9.96. The molecule has 100 valence electrons. The summed E-state index contributed by atoms with van der Waals surface area (Å²) in [5, 5.41) is 0. The van der Waals surface area contributed by atoms with Gasteiger partial charge in [-0.1, -0.05) is 12.1 Å². The van der Waals surface area contributed by atoms with E-state index in [9.17, 15) is 13.2 Å². The van der Waals surface area contributed by atoms with Crippen LogP contribution in [0.15, 0.2) is 18.2 Å². The first kappa shape index (κ1) is 13.1. The van der Waals surface area contributed by atoms with Crippen LogP contribution in [0, 0.1) is 12.8 Å². The Morgan fingerprint density at radius 3 is 2.72 bits per heavy atom. The van der Waals surface area contributed by atoms with Crippen LogP contribution in [0.5, 0.6) is 0 Å². The molecule has 1 atom stereocenters. The first-order chi connectivity index (χ1) is 8.39. The Morgan fingerprint density at radius 1 is 1.33 bits per heavy atom. The van der Waals surface area contributed by atoms with E-state index >= 15 is 0 Å². The number of aryl methyl sites for hydroxylation is 1. The summed E-state index contributed by atoms with van der Waals surface area (Å²) < 4.78 is 38.3. The highest BCUT2D eigenvalue weighted by atomic mass is 19.4. The standard InChI is InChI=1S/C13H17F3N2/c1-9-4-2-6-11(12(9)17)18-7-3-5-10(8-18)13(14,15)16/h2,4,6,10H,3,5,7-8,17H2,1H3. The molecule has 1 saturated heterocycles. The van der Waals surface area contributed by atoms with Crippen LogP contribution in [0.4, 0.5) is 24.5 Å². The maximum atomic E-state index is 12.8. The Kier molecular flexibility index (Phi) is 3.41. The summed E-state index contributed by atoms with van der Waals surface area (Å²) in [5.41, 5.74) is 8.16. The zero-order chi connectivity index (χ0) is 13.3. The molecule has 0 saturated carbocycles. The molecule has 1 aromatic carbocycles. The molecule has 1 heterocycles. The van der Waals surface area contributed by atoms with Crippen LogP contribution in [-0.4, -0.2) is 19.3 Å². The molecular weight excluding hydrogens is 241 g/mol. The van der Waals surface area contributed by atoms with Crippen molar-refractivity contribution in [1.82, 2.24) is 0 Å². The van der Waals surface area contributed by atoms with Crippen molar-refractivity contribution in [3.05, 3.63) is 23.8 Å². The molecule has 0 radical (unpaired) electrons. The molecule has 1 aromatic rings. The molecule has 0 amide bonds. The number of benzene rings is 1. The first-order valence-corrected chi connectivity index (χ1v) is 6.06. The summed E-state index contributed by atoms with van der Waals surface area (Å²) in [6.45, 7) is 2.52. The summed E-state index contributed by atoms with van der Waals surface area (Å²) in [7, 11) is 0. The smallest absolute Gasteiger partial charge is 0.393 e. The fraction of sp³-hybridized carbons (Fsp3) is 0.538. The molecule has 18 heavy (non-hydrogen) atoms. The highest BCUT2D eigenvalue weighted by Gasteiger charge is 2.42. The average molecular weight is 258 g/mol. The molecule has 0 aromatic heterocycles. The minimum atomic E-state index is -4.11. The van der Waals surface area contributed by atoms with Gasteiger partial charge in [0.05, 0.1) is 17.3 Å². The van der Waals surface area contributed by atoms with Crippen LogP contribution in [0.2, 0.25) is 0 Å². The van der Waals surface area contributed by atoms with E-state index in [-0.39, 0.29) is 13.0 Å². The summed E-state index contributed by atoms with van der Waals surface area (Å²) in [6, 6.07) is 5.49. The number of para-hydroxylation sites is 1. The molecule has 0 aliphatic carbocycles. The first-order valence-electron chi connectivity index (χ1n) is 6.06. The van der Waals surface area contributed by atoms with Gasteiger partial charge in [0.2, 0.25) is 0 Å². The molecule has 1 unspecified atom stereocenters. The van der Waals surface area contributed by atoms with Gasteiger partial charge >= 0.3 is 6.18 Å². The number of hydrogen-bond donors (Lipinski definition) is 1. The number of piperidine rings is 1. The van der Waals surface area contributed by atoms with Crippen molar-refractivity contribution in [3.63, 3.8) is 0 Å². The van der Waals surface area contributed by atoms with Crippen LogP contribution < -0.4 is 10.6 Å². The van der Waals surface area contributed by atoms with Crippen molar-refractivity contribution in [2.75, 3.05) is 23.7 Å². The average Bonchev–Trinajstić information content (AvgIpc) is 2.32. The molecule has 0 spiro atoms. The lowest BCUT2D eigenvalue weighted by molar-refractivity contribution is -0.175. The van der Waals surface area contributed by atoms with E-state index in [1.165, 1.54) is 0 Å². The van der Waals surface area contributed by atoms with Gasteiger partial charge in [0, 0.05) is 13.1 Å². The Labute approximate surface area is 105 Å². The van der Waals surface area contributed by atoms with Gasteiger partial charge in [-0.15, -0.1) is 0 Å². The lowest BCUT2D eigenvalue weighted by Gasteiger charge is -2.36. The van der Waals surface area contributed by atoms with Crippen LogP contribution in [-0.2, 0) is 0 Å². The maximum Gasteiger partial charge on any atom is 0.393 e. The second kappa shape index (κ2) is 4.71. The summed E-state index contributed by atoms with van der Waals surface area (Å²) in [5.74, 6) is -1.24. The zero-order valence-electron chi connectivity index (χ0n) is 10.3. The lowest BCUT2D eigenvalue weighted by Crippen LogP contribution is -2.42. The van der Waals surface area contributed by atoms with E-state index in [0.29, 0.717) is 18.7 Å². The summed E-state index contributed by atoms with van der Waals surface area (Å²) >= 11 is 0. The van der Waals surface area contributed by atoms with Crippen LogP contribution >= 0.6 is 0 Å². The predicted molar refractivity (Wildman–Crippen MR) is 66.6 cm³/mol. The van der Waals surface area contributed by atoms with Crippen molar-refractivity contribution in [1.29, 1.82) is 0 Å². The molecule has 2 N–H and O–H groups in total. The Morgan fingerprint density at radius 2 is 2.06 bits per heavy atom. The molecule has 0 bridgehead atoms. The monoisotopic (exact) mass is 258 g/mol. The van der Waals surface area contributed by atoms with Crippen LogP contribution in [0.25, 0.3) is 0 Å². The highest BCUT2D eigenvalue weighted by Crippen LogP contribution is 2.36. The number of anilines is 2. The van der Waals surface area contributed by atoms with Crippen LogP contribution in [0.3, 0.4) is 0 Å². The van der Waals surface area contributed by atoms with E-state index in [1.54, 1.807) is 11.0 Å². The van der Waals surface area contributed by atoms with Crippen LogP contribution in [0.1, 0.15) is 18.4 Å². The van der Waals surface area contributed by atoms with E-state index in [1.807, 2.05) is 19.1 Å². The maximum absolute atomic E-state index is 12.8. The molecule has 5 heteroatoms. The number of nitrogens with zero attached hydrogens (tertiary/aromatic N) is 1. The third-order valence-corrected chi connectivity index (χ3v) is 3.53. The van der Waals surface area contributed by atoms with Gasteiger partial charge in [-0.05, 0) is 31.4 Å². The molecule has 1 aliphatic heterocycles. The van der Waals surface area contributed by atoms with Gasteiger partial charge in [-0.25, -0.2) is 0 Å². The van der Waals surface area contributed by atoms with Gasteiger partial charge in [-0.2, -0.15) is 13.2 Å². The second-order valence-electron chi connectivity index (χ2n) is 4.83. The molecule has 2 rings (SSSR count). The summed E-state index contributed by atoms with van der Waals surface area (Å²) in [6.07, 6.45) is -3.35. The molecule has 1 fully saturated rings. The minimum Gasteiger partial charge on any atom is -0.397 e. The highest BCUT2D eigenvalue weighted by molar-refractivity contribution is 5.71. The van der Waals surface area contributed by atoms with Gasteiger partial charge in [0.1, 0.15) is 0 Å². The Bertz CT molecular complexity index is 429. The van der Waals surface area contributed by atoms with E-state index < -0.39 is 12.1 Å². The summed E-state index contributed by atoms with van der Waals surface area (Å²) in [4.78, 5) is 1.75. The van der Waals surface area contributed by atoms with E-state index in [2.05, 4.69) is 0 Å². The van der Waals surface area contributed by atoms with Gasteiger partial charge in [-0.3, -0.25) is 0 Å². The largest absolute Gasteiger partial charge is 0.397 e. The van der Waals surface area contributed by atoms with Gasteiger partial charge < -0.3 is 10.6 Å². The number of hydrogen-bond acceptors (Lipinski definition) is 2. The zero-order valence-corrected chi connectivity index (χ0v) is 10.3. The molecule has 2 nitrogen and oxygen atoms in total. The van der Waals surface area contributed by atoms with Crippen molar-refractivity contribution in [3.8, 4) is 0 Å². The fourth-order valence-electron chi connectivity index (χ4n) is 2.40. The third kappa shape index (κ3) is 2.54. The fourth-order valence-corrected chi connectivity index (χ4v) is 2.40. The minimum absolute atomic E-state index is 0.0111. The number of rotatable bonds is 1. The topological polar surface area (TPSA) is 29.3 Å². The number of nitrogen functional groups attached to an aromatic ring is 1. The normalized spacial score (nSPS) is 21.1. The van der Waals surface area contributed by atoms with Crippen molar-refractivity contribution >= 4 is 11.4 Å². The van der Waals surface area contributed by atoms with E-state index in [4.69, 9.17) is 5.73 Å². The van der Waals surface area contributed by atoms with Crippen molar-refractivity contribution in [2.24, 2.45) is 5.92 Å².